The minimum absolute atomic E-state index is 0.833. The zero-order chi connectivity index (χ0) is 32.8. The Morgan fingerprint density at radius 2 is 0.958 bits per heavy atom. The van der Waals surface area contributed by atoms with Gasteiger partial charge in [0.1, 0.15) is 0 Å². The number of benzene rings is 8. The number of anilines is 2. The van der Waals surface area contributed by atoms with Crippen molar-refractivity contribution in [3.8, 4) is 22.3 Å². The van der Waals surface area contributed by atoms with E-state index in [1.807, 2.05) is 0 Å². The molecule has 1 nitrogen and oxygen atoms in total. The lowest BCUT2D eigenvalue weighted by Gasteiger charge is -2.35. The van der Waals surface area contributed by atoms with Crippen molar-refractivity contribution in [1.29, 1.82) is 0 Å². The number of fused-ring (bicyclic) bond motifs is 8. The molecule has 0 bridgehead atoms. The van der Waals surface area contributed by atoms with Gasteiger partial charge in [-0.25, -0.2) is 0 Å². The topological polar surface area (TPSA) is 3.24 Å². The molecule has 0 spiro atoms. The van der Waals surface area contributed by atoms with Crippen molar-refractivity contribution in [3.05, 3.63) is 154 Å². The smallest absolute Gasteiger partial charge is 0.0502 e. The fourth-order valence-electron chi connectivity index (χ4n) is 8.27. The van der Waals surface area contributed by atoms with Crippen LogP contribution in [0.5, 0.6) is 0 Å². The molecule has 0 atom stereocenters. The number of nitrogens with zero attached hydrogens (tertiary/aromatic N) is 1. The summed E-state index contributed by atoms with van der Waals surface area (Å²) in [6, 6.07) is 44.5. The van der Waals surface area contributed by atoms with Gasteiger partial charge < -0.3 is 4.90 Å². The first kappa shape index (κ1) is 28.8. The SMILES string of the molecule is Cc1ccc2c(c1)CN(c1cc(C)cc3c(-c4c5ccc(C)cc5cc5ccc(C)cc45)cc4cc(C)ccc4c13)c1cc(C)ccc1-2. The van der Waals surface area contributed by atoms with Crippen LogP contribution in [0, 0.1) is 41.5 Å². The van der Waals surface area contributed by atoms with Crippen LogP contribution in [0.25, 0.3) is 65.3 Å². The first-order valence-corrected chi connectivity index (χ1v) is 17.1. The lowest BCUT2D eigenvalue weighted by atomic mass is 9.85. The van der Waals surface area contributed by atoms with Gasteiger partial charge in [-0.05, 0) is 137 Å². The van der Waals surface area contributed by atoms with Crippen LogP contribution in [-0.2, 0) is 6.54 Å². The minimum atomic E-state index is 0.833. The molecule has 0 N–H and O–H groups in total. The number of hydrogen-bond acceptors (Lipinski definition) is 1. The van der Waals surface area contributed by atoms with Gasteiger partial charge in [0.15, 0.2) is 0 Å². The maximum Gasteiger partial charge on any atom is 0.0502 e. The molecule has 1 heteroatoms. The molecule has 0 aliphatic carbocycles. The average Bonchev–Trinajstić information content (AvgIpc) is 3.06. The van der Waals surface area contributed by atoms with Gasteiger partial charge >= 0.3 is 0 Å². The van der Waals surface area contributed by atoms with Gasteiger partial charge in [-0.15, -0.1) is 0 Å². The maximum atomic E-state index is 2.59. The van der Waals surface area contributed by atoms with E-state index in [2.05, 4.69) is 162 Å². The Morgan fingerprint density at radius 1 is 0.375 bits per heavy atom. The fraction of sp³-hybridized carbons (Fsp3) is 0.149. The summed E-state index contributed by atoms with van der Waals surface area (Å²) in [6.07, 6.45) is 0. The van der Waals surface area contributed by atoms with Crippen molar-refractivity contribution in [1.82, 2.24) is 0 Å². The Balaban J connectivity index is 1.45. The lowest BCUT2D eigenvalue weighted by Crippen LogP contribution is -2.22. The van der Waals surface area contributed by atoms with Crippen LogP contribution in [-0.4, -0.2) is 0 Å². The molecule has 48 heavy (non-hydrogen) atoms. The molecule has 1 aliphatic rings. The molecule has 0 radical (unpaired) electrons. The third kappa shape index (κ3) is 4.45. The number of hydrogen-bond donors (Lipinski definition) is 0. The van der Waals surface area contributed by atoms with E-state index in [1.54, 1.807) is 0 Å². The van der Waals surface area contributed by atoms with Crippen LogP contribution in [0.1, 0.15) is 38.9 Å². The number of rotatable bonds is 2. The zero-order valence-corrected chi connectivity index (χ0v) is 28.6. The number of aryl methyl sites for hydroxylation is 6. The summed E-state index contributed by atoms with van der Waals surface area (Å²) >= 11 is 0. The van der Waals surface area contributed by atoms with Gasteiger partial charge in [0.05, 0.1) is 5.69 Å². The van der Waals surface area contributed by atoms with Gasteiger partial charge in [0, 0.05) is 23.2 Å². The summed E-state index contributed by atoms with van der Waals surface area (Å²) in [5.41, 5.74) is 16.9. The lowest BCUT2D eigenvalue weighted by molar-refractivity contribution is 0.961. The Hall–Kier alpha value is -5.40. The third-order valence-electron chi connectivity index (χ3n) is 10.5. The van der Waals surface area contributed by atoms with Gasteiger partial charge in [-0.2, -0.15) is 0 Å². The van der Waals surface area contributed by atoms with Gasteiger partial charge in [-0.1, -0.05) is 113 Å². The molecular weight excluding hydrogens is 579 g/mol. The zero-order valence-electron chi connectivity index (χ0n) is 28.6. The molecule has 1 heterocycles. The first-order valence-electron chi connectivity index (χ1n) is 17.1. The maximum absolute atomic E-state index is 2.59. The van der Waals surface area contributed by atoms with Crippen molar-refractivity contribution in [2.75, 3.05) is 4.90 Å². The molecule has 8 aromatic carbocycles. The highest BCUT2D eigenvalue weighted by Crippen LogP contribution is 2.50. The summed E-state index contributed by atoms with van der Waals surface area (Å²) in [7, 11) is 0. The Kier molecular flexibility index (Phi) is 6.33. The van der Waals surface area contributed by atoms with E-state index < -0.39 is 0 Å². The van der Waals surface area contributed by atoms with Gasteiger partial charge in [0.2, 0.25) is 0 Å². The molecule has 0 amide bonds. The van der Waals surface area contributed by atoms with Crippen LogP contribution < -0.4 is 4.90 Å². The van der Waals surface area contributed by atoms with Crippen molar-refractivity contribution >= 4 is 54.5 Å². The van der Waals surface area contributed by atoms with Crippen molar-refractivity contribution < 1.29 is 0 Å². The molecule has 8 aromatic rings. The van der Waals surface area contributed by atoms with Crippen molar-refractivity contribution in [2.45, 2.75) is 48.1 Å². The highest BCUT2D eigenvalue weighted by atomic mass is 15.1. The summed E-state index contributed by atoms with van der Waals surface area (Å²) in [4.78, 5) is 2.59. The fourth-order valence-corrected chi connectivity index (χ4v) is 8.27. The van der Waals surface area contributed by atoms with Crippen LogP contribution in [0.15, 0.2) is 115 Å². The molecular formula is C47H39N. The van der Waals surface area contributed by atoms with Gasteiger partial charge in [-0.3, -0.25) is 0 Å². The van der Waals surface area contributed by atoms with E-state index in [-0.39, 0.29) is 0 Å². The standard InChI is InChI=1S/C47H39N/c1-27-9-14-38-34(17-27)24-33-12-7-30(4)20-41(33)46(38)43-25-35-18-28(2)10-15-39(35)47-42(43)21-32(6)23-45(47)48-26-36-19-29(3)8-13-37(36)40-16-11-31(5)22-44(40)48/h7-25H,26H2,1-6H3. The Labute approximate surface area is 283 Å². The summed E-state index contributed by atoms with van der Waals surface area (Å²) in [5, 5.41) is 10.4. The molecule has 1 aliphatic heterocycles. The van der Waals surface area contributed by atoms with E-state index in [0.717, 1.165) is 6.54 Å². The highest BCUT2D eigenvalue weighted by Gasteiger charge is 2.27. The van der Waals surface area contributed by atoms with Crippen molar-refractivity contribution in [2.24, 2.45) is 0 Å². The summed E-state index contributed by atoms with van der Waals surface area (Å²) < 4.78 is 0. The van der Waals surface area contributed by atoms with E-state index in [1.165, 1.54) is 116 Å². The summed E-state index contributed by atoms with van der Waals surface area (Å²) in [6.45, 7) is 14.1. The second kappa shape index (κ2) is 10.6. The quantitative estimate of drug-likeness (QED) is 0.138. The predicted molar refractivity (Wildman–Crippen MR) is 208 cm³/mol. The van der Waals surface area contributed by atoms with Crippen molar-refractivity contribution in [3.63, 3.8) is 0 Å². The largest absolute Gasteiger partial charge is 0.336 e. The molecule has 0 unspecified atom stereocenters. The van der Waals surface area contributed by atoms with E-state index in [4.69, 9.17) is 0 Å². The Bertz CT molecular complexity index is 2660. The van der Waals surface area contributed by atoms with Crippen LogP contribution in [0.2, 0.25) is 0 Å². The van der Waals surface area contributed by atoms with E-state index in [0.29, 0.717) is 0 Å². The second-order valence-electron chi connectivity index (χ2n) is 14.3. The van der Waals surface area contributed by atoms with Gasteiger partial charge in [0.25, 0.3) is 0 Å². The first-order chi connectivity index (χ1) is 23.2. The molecule has 0 fully saturated rings. The molecule has 232 valence electrons. The normalized spacial score (nSPS) is 12.7. The third-order valence-corrected chi connectivity index (χ3v) is 10.5. The molecule has 0 saturated heterocycles. The molecule has 9 rings (SSSR count). The monoisotopic (exact) mass is 617 g/mol. The molecule has 0 saturated carbocycles. The Morgan fingerprint density at radius 3 is 1.75 bits per heavy atom. The van der Waals surface area contributed by atoms with Crippen LogP contribution in [0.4, 0.5) is 11.4 Å². The minimum Gasteiger partial charge on any atom is -0.336 e. The van der Waals surface area contributed by atoms with Crippen LogP contribution >= 0.6 is 0 Å². The van der Waals surface area contributed by atoms with E-state index in [9.17, 15) is 0 Å². The average molecular weight is 618 g/mol. The second-order valence-corrected chi connectivity index (χ2v) is 14.3. The van der Waals surface area contributed by atoms with E-state index >= 15 is 0 Å². The predicted octanol–water partition coefficient (Wildman–Crippen LogP) is 13.1. The highest BCUT2D eigenvalue weighted by molar-refractivity contribution is 6.24. The molecule has 0 aromatic heterocycles. The van der Waals surface area contributed by atoms with Crippen LogP contribution in [0.3, 0.4) is 0 Å². The summed E-state index contributed by atoms with van der Waals surface area (Å²) in [5.74, 6) is 0.